The molecule has 1 aromatic carbocycles. The van der Waals surface area contributed by atoms with Crippen LogP contribution in [0.25, 0.3) is 16.9 Å². The van der Waals surface area contributed by atoms with Gasteiger partial charge in [0.2, 0.25) is 0 Å². The van der Waals surface area contributed by atoms with Crippen LogP contribution in [0.5, 0.6) is 0 Å². The molecule has 0 fully saturated rings. The van der Waals surface area contributed by atoms with Crippen LogP contribution in [0.15, 0.2) is 46.2 Å². The standard InChI is InChI=1S/C19H17N7O2/c1-12-14(9-20)15(26(22-12)13-7-5-4-6-8-13)10-25-11-21-17-16(25)18(27)24(3)19(28)23(17)2/h4-8,11H,10H2,1-3H3. The SMILES string of the molecule is Cc1nn(-c2ccccc2)c(Cn2cnc3c2c(=O)n(C)c(=O)n3C)c1C#N. The van der Waals surface area contributed by atoms with E-state index >= 15 is 0 Å². The van der Waals surface area contributed by atoms with Gasteiger partial charge < -0.3 is 4.57 Å². The lowest BCUT2D eigenvalue weighted by atomic mass is 10.2. The molecule has 0 bridgehead atoms. The molecule has 0 aliphatic rings. The normalized spacial score (nSPS) is 11.1. The summed E-state index contributed by atoms with van der Waals surface area (Å²) in [5, 5.41) is 14.1. The number of rotatable bonds is 3. The minimum Gasteiger partial charge on any atom is -0.319 e. The van der Waals surface area contributed by atoms with Gasteiger partial charge in [0.1, 0.15) is 6.07 Å². The average molecular weight is 375 g/mol. The molecule has 0 N–H and O–H groups in total. The van der Waals surface area contributed by atoms with Crippen molar-refractivity contribution in [2.75, 3.05) is 0 Å². The Balaban J connectivity index is 1.96. The molecule has 9 heteroatoms. The summed E-state index contributed by atoms with van der Waals surface area (Å²) >= 11 is 0. The van der Waals surface area contributed by atoms with Gasteiger partial charge >= 0.3 is 5.69 Å². The quantitative estimate of drug-likeness (QED) is 0.528. The number of imidazole rings is 1. The largest absolute Gasteiger partial charge is 0.332 e. The van der Waals surface area contributed by atoms with Gasteiger partial charge in [-0.2, -0.15) is 10.4 Å². The summed E-state index contributed by atoms with van der Waals surface area (Å²) in [4.78, 5) is 29.1. The molecule has 4 aromatic rings. The summed E-state index contributed by atoms with van der Waals surface area (Å²) in [6.45, 7) is 1.98. The lowest BCUT2D eigenvalue weighted by Crippen LogP contribution is -2.37. The molecule has 0 saturated heterocycles. The lowest BCUT2D eigenvalue weighted by molar-refractivity contribution is 0.694. The molecule has 0 aliphatic heterocycles. The summed E-state index contributed by atoms with van der Waals surface area (Å²) in [5.41, 5.74) is 2.23. The zero-order valence-corrected chi connectivity index (χ0v) is 15.6. The van der Waals surface area contributed by atoms with Crippen LogP contribution in [-0.2, 0) is 20.6 Å². The van der Waals surface area contributed by atoms with E-state index < -0.39 is 11.2 Å². The van der Waals surface area contributed by atoms with E-state index in [1.807, 2.05) is 30.3 Å². The number of hydrogen-bond donors (Lipinski definition) is 0. The molecule has 0 amide bonds. The van der Waals surface area contributed by atoms with E-state index in [1.165, 1.54) is 17.9 Å². The first-order chi connectivity index (χ1) is 13.4. The van der Waals surface area contributed by atoms with E-state index in [0.717, 1.165) is 10.3 Å². The summed E-state index contributed by atoms with van der Waals surface area (Å²) < 4.78 is 5.73. The van der Waals surface area contributed by atoms with Crippen LogP contribution in [0.2, 0.25) is 0 Å². The fraction of sp³-hybridized carbons (Fsp3) is 0.211. The van der Waals surface area contributed by atoms with E-state index in [1.54, 1.807) is 23.2 Å². The molecule has 9 nitrogen and oxygen atoms in total. The van der Waals surface area contributed by atoms with E-state index in [-0.39, 0.29) is 6.54 Å². The predicted octanol–water partition coefficient (Wildman–Crippen LogP) is 0.848. The topological polar surface area (TPSA) is 103 Å². The third kappa shape index (κ3) is 2.46. The first kappa shape index (κ1) is 17.5. The number of nitrogens with zero attached hydrogens (tertiary/aromatic N) is 7. The molecule has 0 atom stereocenters. The molecule has 0 saturated carbocycles. The van der Waals surface area contributed by atoms with Gasteiger partial charge in [-0.15, -0.1) is 0 Å². The Morgan fingerprint density at radius 3 is 2.50 bits per heavy atom. The summed E-state index contributed by atoms with van der Waals surface area (Å²) in [7, 11) is 3.00. The maximum Gasteiger partial charge on any atom is 0.332 e. The number of benzene rings is 1. The molecule has 28 heavy (non-hydrogen) atoms. The van der Waals surface area contributed by atoms with E-state index in [2.05, 4.69) is 16.2 Å². The summed E-state index contributed by atoms with van der Waals surface area (Å²) in [6.07, 6.45) is 1.50. The number of hydrogen-bond acceptors (Lipinski definition) is 5. The van der Waals surface area contributed by atoms with Crippen molar-refractivity contribution in [2.45, 2.75) is 13.5 Å². The van der Waals surface area contributed by atoms with Crippen molar-refractivity contribution < 1.29 is 0 Å². The van der Waals surface area contributed by atoms with Crippen molar-refractivity contribution >= 4 is 11.2 Å². The van der Waals surface area contributed by atoms with Crippen LogP contribution < -0.4 is 11.2 Å². The van der Waals surface area contributed by atoms with Crippen molar-refractivity contribution in [1.82, 2.24) is 28.5 Å². The molecule has 3 aromatic heterocycles. The van der Waals surface area contributed by atoms with Crippen LogP contribution in [0.4, 0.5) is 0 Å². The second kappa shape index (κ2) is 6.35. The number of fused-ring (bicyclic) bond motifs is 1. The van der Waals surface area contributed by atoms with E-state index in [0.29, 0.717) is 28.1 Å². The Bertz CT molecular complexity index is 1360. The van der Waals surface area contributed by atoms with Gasteiger partial charge in [0.15, 0.2) is 11.2 Å². The molecule has 0 aliphatic carbocycles. The molecule has 0 spiro atoms. The Labute approximate surface area is 159 Å². The second-order valence-electron chi connectivity index (χ2n) is 6.52. The van der Waals surface area contributed by atoms with Crippen molar-refractivity contribution in [2.24, 2.45) is 14.1 Å². The Morgan fingerprint density at radius 1 is 1.11 bits per heavy atom. The van der Waals surface area contributed by atoms with Gasteiger partial charge in [-0.05, 0) is 19.1 Å². The van der Waals surface area contributed by atoms with Gasteiger partial charge in [-0.25, -0.2) is 14.5 Å². The van der Waals surface area contributed by atoms with Crippen LogP contribution in [-0.4, -0.2) is 28.5 Å². The highest BCUT2D eigenvalue weighted by atomic mass is 16.2. The lowest BCUT2D eigenvalue weighted by Gasteiger charge is -2.10. The minimum absolute atomic E-state index is 0.211. The van der Waals surface area contributed by atoms with Crippen molar-refractivity contribution in [3.63, 3.8) is 0 Å². The zero-order valence-electron chi connectivity index (χ0n) is 15.6. The third-order valence-electron chi connectivity index (χ3n) is 4.81. The van der Waals surface area contributed by atoms with Gasteiger partial charge in [0.05, 0.1) is 35.5 Å². The van der Waals surface area contributed by atoms with Crippen LogP contribution >= 0.6 is 0 Å². The molecule has 0 radical (unpaired) electrons. The van der Waals surface area contributed by atoms with Crippen molar-refractivity contribution in [3.05, 3.63) is 74.4 Å². The first-order valence-corrected chi connectivity index (χ1v) is 8.59. The van der Waals surface area contributed by atoms with Crippen molar-refractivity contribution in [1.29, 1.82) is 5.26 Å². The summed E-state index contributed by atoms with van der Waals surface area (Å²) in [6, 6.07) is 11.7. The monoisotopic (exact) mass is 375 g/mol. The maximum absolute atomic E-state index is 12.7. The van der Waals surface area contributed by atoms with Crippen molar-refractivity contribution in [3.8, 4) is 11.8 Å². The smallest absolute Gasteiger partial charge is 0.319 e. The van der Waals surface area contributed by atoms with Gasteiger partial charge in [0.25, 0.3) is 5.56 Å². The summed E-state index contributed by atoms with van der Waals surface area (Å²) in [5.74, 6) is 0. The Hall–Kier alpha value is -3.93. The maximum atomic E-state index is 12.7. The predicted molar refractivity (Wildman–Crippen MR) is 102 cm³/mol. The fourth-order valence-electron chi connectivity index (χ4n) is 3.33. The molecule has 0 unspecified atom stereocenters. The highest BCUT2D eigenvalue weighted by Gasteiger charge is 2.20. The first-order valence-electron chi connectivity index (χ1n) is 8.59. The van der Waals surface area contributed by atoms with Gasteiger partial charge in [-0.3, -0.25) is 13.9 Å². The van der Waals surface area contributed by atoms with E-state index in [4.69, 9.17) is 0 Å². The van der Waals surface area contributed by atoms with Gasteiger partial charge in [0, 0.05) is 14.1 Å². The number of aryl methyl sites for hydroxylation is 2. The number of aromatic nitrogens is 6. The molecule has 3 heterocycles. The third-order valence-corrected chi connectivity index (χ3v) is 4.81. The average Bonchev–Trinajstić information content (AvgIpc) is 3.26. The Kier molecular flexibility index (Phi) is 3.96. The minimum atomic E-state index is -0.439. The van der Waals surface area contributed by atoms with E-state index in [9.17, 15) is 14.9 Å². The number of para-hydroxylation sites is 1. The fourth-order valence-corrected chi connectivity index (χ4v) is 3.33. The molecule has 140 valence electrons. The molecular formula is C19H17N7O2. The van der Waals surface area contributed by atoms with Crippen LogP contribution in [0.1, 0.15) is 17.0 Å². The highest BCUT2D eigenvalue weighted by molar-refractivity contribution is 5.70. The molecular weight excluding hydrogens is 358 g/mol. The Morgan fingerprint density at radius 2 is 1.82 bits per heavy atom. The highest BCUT2D eigenvalue weighted by Crippen LogP contribution is 2.20. The zero-order chi connectivity index (χ0) is 20.0. The second-order valence-corrected chi connectivity index (χ2v) is 6.52. The van der Waals surface area contributed by atoms with Gasteiger partial charge in [-0.1, -0.05) is 18.2 Å². The van der Waals surface area contributed by atoms with Crippen LogP contribution in [0.3, 0.4) is 0 Å². The number of nitriles is 1. The molecule has 4 rings (SSSR count). The van der Waals surface area contributed by atoms with Crippen LogP contribution in [0, 0.1) is 18.3 Å².